The first-order valence-corrected chi connectivity index (χ1v) is 18.7. The molecule has 0 bridgehead atoms. The molecular weight excluding hydrogens is 563 g/mol. The number of anilines is 2. The van der Waals surface area contributed by atoms with E-state index in [4.69, 9.17) is 0 Å². The molecule has 0 fully saturated rings. The lowest BCUT2D eigenvalue weighted by molar-refractivity contribution is 0.553. The molecule has 2 N–H and O–H groups in total. The fourth-order valence-electron chi connectivity index (χ4n) is 6.18. The van der Waals surface area contributed by atoms with Gasteiger partial charge in [-0.2, -0.15) is 0 Å². The van der Waals surface area contributed by atoms with Crippen molar-refractivity contribution in [1.29, 1.82) is 0 Å². The Morgan fingerprint density at radius 2 is 0.756 bits per heavy atom. The highest BCUT2D eigenvalue weighted by atomic mass is 31.1. The molecule has 45 heavy (non-hydrogen) atoms. The predicted octanol–water partition coefficient (Wildman–Crippen LogP) is 13.2. The van der Waals surface area contributed by atoms with Crippen LogP contribution in [0.5, 0.6) is 0 Å². The number of para-hydroxylation sites is 2. The topological polar surface area (TPSA) is 24.1 Å². The van der Waals surface area contributed by atoms with Gasteiger partial charge < -0.3 is 10.2 Å². The predicted molar refractivity (Wildman–Crippen MR) is 206 cm³/mol. The van der Waals surface area contributed by atoms with E-state index < -0.39 is 8.22 Å². The maximum absolute atomic E-state index is 4.31. The molecule has 0 aliphatic heterocycles. The molecule has 0 aliphatic carbocycles. The van der Waals surface area contributed by atoms with E-state index in [1.54, 1.807) is 0 Å². The molecule has 0 saturated carbocycles. The van der Waals surface area contributed by atoms with E-state index in [0.717, 1.165) is 0 Å². The van der Waals surface area contributed by atoms with Crippen LogP contribution in [0.15, 0.2) is 48.5 Å². The Labute approximate surface area is 279 Å². The molecule has 3 rings (SSSR count). The summed E-state index contributed by atoms with van der Waals surface area (Å²) in [5.74, 6) is 1.63. The first-order valence-electron chi connectivity index (χ1n) is 17.3. The molecule has 3 aromatic rings. The van der Waals surface area contributed by atoms with Gasteiger partial charge in [0, 0.05) is 16.7 Å². The fraction of sp³-hybridized carbons (Fsp3) is 0.571. The second kappa shape index (κ2) is 13.8. The van der Waals surface area contributed by atoms with E-state index in [1.165, 1.54) is 55.6 Å². The number of nitrogens with one attached hydrogen (secondary N) is 2. The molecule has 3 heteroatoms. The van der Waals surface area contributed by atoms with E-state index in [2.05, 4.69) is 176 Å². The lowest BCUT2D eigenvalue weighted by atomic mass is 9.75. The molecule has 2 nitrogen and oxygen atoms in total. The lowest BCUT2D eigenvalue weighted by Gasteiger charge is -2.38. The molecule has 0 aliphatic rings. The van der Waals surface area contributed by atoms with Crippen LogP contribution in [0, 0.1) is 0 Å². The zero-order valence-corrected chi connectivity index (χ0v) is 32.8. The van der Waals surface area contributed by atoms with Crippen molar-refractivity contribution in [1.82, 2.24) is 0 Å². The van der Waals surface area contributed by atoms with Crippen molar-refractivity contribution >= 4 is 24.9 Å². The van der Waals surface area contributed by atoms with Gasteiger partial charge >= 0.3 is 0 Å². The van der Waals surface area contributed by atoms with Gasteiger partial charge in [-0.15, -0.1) is 0 Å². The Bertz CT molecular complexity index is 1300. The number of benzene rings is 3. The van der Waals surface area contributed by atoms with Gasteiger partial charge in [-0.3, -0.25) is 0 Å². The highest BCUT2D eigenvalue weighted by molar-refractivity contribution is 7.68. The number of hydrogen-bond acceptors (Lipinski definition) is 2. The largest absolute Gasteiger partial charge is 0.344 e. The third-order valence-corrected chi connectivity index (χ3v) is 10.8. The summed E-state index contributed by atoms with van der Waals surface area (Å²) in [5, 5.41) is 10.1. The average Bonchev–Trinajstić information content (AvgIpc) is 2.90. The summed E-state index contributed by atoms with van der Waals surface area (Å²) in [7, 11) is -1.09. The van der Waals surface area contributed by atoms with E-state index in [-0.39, 0.29) is 16.2 Å². The molecule has 0 spiro atoms. The SMILES string of the molecule is CC(C)c1cccc(C(C)C)c1NP(Nc1c(C(C)C)cccc1C(C)C)c1c(C(C)(C)C)cc(C(C)(C)C)cc1C(C)(C)C. The van der Waals surface area contributed by atoms with Crippen LogP contribution in [-0.4, -0.2) is 0 Å². The number of hydrogen-bond donors (Lipinski definition) is 2. The lowest BCUT2D eigenvalue weighted by Crippen LogP contribution is -2.34. The average molecular weight is 629 g/mol. The van der Waals surface area contributed by atoms with Crippen LogP contribution in [0.25, 0.3) is 0 Å². The summed E-state index contributed by atoms with van der Waals surface area (Å²) in [6, 6.07) is 18.8. The first-order chi connectivity index (χ1) is 20.6. The Kier molecular flexibility index (Phi) is 11.4. The molecule has 0 unspecified atom stereocenters. The molecule has 3 aromatic carbocycles. The Hall–Kier alpha value is -2.31. The van der Waals surface area contributed by atoms with Crippen molar-refractivity contribution in [3.05, 3.63) is 87.5 Å². The van der Waals surface area contributed by atoms with Gasteiger partial charge in [-0.1, -0.05) is 166 Å². The minimum absolute atomic E-state index is 0.0442. The van der Waals surface area contributed by atoms with Crippen molar-refractivity contribution < 1.29 is 0 Å². The molecule has 0 heterocycles. The first kappa shape index (κ1) is 37.2. The molecule has 0 saturated heterocycles. The van der Waals surface area contributed by atoms with E-state index >= 15 is 0 Å². The monoisotopic (exact) mass is 628 g/mol. The van der Waals surface area contributed by atoms with E-state index in [1.807, 2.05) is 0 Å². The Balaban J connectivity index is 2.55. The molecule has 248 valence electrons. The van der Waals surface area contributed by atoms with Crippen molar-refractivity contribution in [2.24, 2.45) is 0 Å². The summed E-state index contributed by atoms with van der Waals surface area (Å²) in [6.45, 7) is 40.0. The molecule has 0 radical (unpaired) electrons. The summed E-state index contributed by atoms with van der Waals surface area (Å²) in [6.07, 6.45) is 0. The zero-order valence-electron chi connectivity index (χ0n) is 31.9. The third-order valence-electron chi connectivity index (χ3n) is 9.01. The summed E-state index contributed by atoms with van der Waals surface area (Å²) in [5.41, 5.74) is 12.4. The fourth-order valence-corrected chi connectivity index (χ4v) is 8.70. The van der Waals surface area contributed by atoms with E-state index in [0.29, 0.717) is 23.7 Å². The molecule has 0 atom stereocenters. The van der Waals surface area contributed by atoms with Gasteiger partial charge in [0.05, 0.1) is 0 Å². The third kappa shape index (κ3) is 8.54. The van der Waals surface area contributed by atoms with Crippen LogP contribution in [0.3, 0.4) is 0 Å². The Morgan fingerprint density at radius 1 is 0.467 bits per heavy atom. The van der Waals surface area contributed by atoms with Gasteiger partial charge in [0.25, 0.3) is 0 Å². The van der Waals surface area contributed by atoms with Crippen molar-refractivity contribution in [3.63, 3.8) is 0 Å². The zero-order chi connectivity index (χ0) is 34.2. The van der Waals surface area contributed by atoms with Gasteiger partial charge in [0.2, 0.25) is 0 Å². The van der Waals surface area contributed by atoms with Crippen molar-refractivity contribution in [3.8, 4) is 0 Å². The highest BCUT2D eigenvalue weighted by Gasteiger charge is 2.34. The van der Waals surface area contributed by atoms with Crippen LogP contribution >= 0.6 is 8.22 Å². The maximum Gasteiger partial charge on any atom is 0.124 e. The molecule has 0 aromatic heterocycles. The normalized spacial score (nSPS) is 13.1. The van der Waals surface area contributed by atoms with Crippen molar-refractivity contribution in [2.45, 2.75) is 158 Å². The summed E-state index contributed by atoms with van der Waals surface area (Å²) in [4.78, 5) is 0. The maximum atomic E-state index is 4.31. The minimum atomic E-state index is -1.09. The number of rotatable bonds is 9. The van der Waals surface area contributed by atoms with Crippen LogP contribution in [0.2, 0.25) is 0 Å². The van der Waals surface area contributed by atoms with Gasteiger partial charge in [0.1, 0.15) is 8.22 Å². The van der Waals surface area contributed by atoms with Crippen LogP contribution in [-0.2, 0) is 16.2 Å². The standard InChI is InChI=1S/C42H65N2P/c1-26(2)31-20-18-21-32(27(3)4)37(31)43-45(44-38-33(28(5)6)22-19-23-34(38)29(7)8)39-35(41(12,13)14)24-30(40(9,10)11)25-36(39)42(15,16)17/h18-29,43-44H,1-17H3. The minimum Gasteiger partial charge on any atom is -0.344 e. The Morgan fingerprint density at radius 3 is 0.978 bits per heavy atom. The second-order valence-corrected chi connectivity index (χ2v) is 19.0. The van der Waals surface area contributed by atoms with E-state index in [9.17, 15) is 0 Å². The van der Waals surface area contributed by atoms with Crippen LogP contribution < -0.4 is 15.5 Å². The van der Waals surface area contributed by atoms with Gasteiger partial charge in [0.15, 0.2) is 0 Å². The van der Waals surface area contributed by atoms with Gasteiger partial charge in [-0.05, 0) is 78.9 Å². The van der Waals surface area contributed by atoms with Gasteiger partial charge in [-0.25, -0.2) is 0 Å². The van der Waals surface area contributed by atoms with Crippen molar-refractivity contribution in [2.75, 3.05) is 10.2 Å². The van der Waals surface area contributed by atoms with Crippen LogP contribution in [0.1, 0.15) is 180 Å². The smallest absolute Gasteiger partial charge is 0.124 e. The summed E-state index contributed by atoms with van der Waals surface area (Å²) < 4.78 is 0. The van der Waals surface area contributed by atoms with Crippen LogP contribution in [0.4, 0.5) is 11.4 Å². The quantitative estimate of drug-likeness (QED) is 0.230. The molecular formula is C42H65N2P. The second-order valence-electron chi connectivity index (χ2n) is 17.5. The summed E-state index contributed by atoms with van der Waals surface area (Å²) >= 11 is 0. The highest BCUT2D eigenvalue weighted by Crippen LogP contribution is 2.49. The molecule has 0 amide bonds.